The van der Waals surface area contributed by atoms with Crippen molar-refractivity contribution in [2.45, 2.75) is 60.0 Å². The lowest BCUT2D eigenvalue weighted by molar-refractivity contribution is 0.0224. The van der Waals surface area contributed by atoms with E-state index in [4.69, 9.17) is 4.74 Å². The van der Waals surface area contributed by atoms with E-state index in [-0.39, 0.29) is 5.60 Å². The van der Waals surface area contributed by atoms with Crippen LogP contribution in [-0.4, -0.2) is 12.2 Å². The van der Waals surface area contributed by atoms with Crippen molar-refractivity contribution in [3.63, 3.8) is 0 Å². The Balaban J connectivity index is 2.22. The Morgan fingerprint density at radius 2 is 1.81 bits per heavy atom. The minimum atomic E-state index is 0.0708. The van der Waals surface area contributed by atoms with Crippen molar-refractivity contribution in [2.24, 2.45) is 16.7 Å². The highest BCUT2D eigenvalue weighted by Crippen LogP contribution is 2.56. The predicted molar refractivity (Wildman–Crippen MR) is 68.4 cm³/mol. The molecule has 1 aliphatic carbocycles. The highest BCUT2D eigenvalue weighted by molar-refractivity contribution is 5.21. The van der Waals surface area contributed by atoms with Crippen LogP contribution in [0.15, 0.2) is 11.6 Å². The van der Waals surface area contributed by atoms with Gasteiger partial charge in [0.2, 0.25) is 0 Å². The Hall–Kier alpha value is -0.300. The Bertz CT molecular complexity index is 324. The minimum absolute atomic E-state index is 0.0708. The van der Waals surface area contributed by atoms with Crippen LogP contribution in [0, 0.1) is 16.7 Å². The van der Waals surface area contributed by atoms with Crippen molar-refractivity contribution >= 4 is 0 Å². The normalized spacial score (nSPS) is 41.1. The van der Waals surface area contributed by atoms with Crippen molar-refractivity contribution in [1.82, 2.24) is 0 Å². The molecule has 2 rings (SSSR count). The van der Waals surface area contributed by atoms with E-state index in [1.807, 2.05) is 0 Å². The number of rotatable bonds is 1. The van der Waals surface area contributed by atoms with Crippen LogP contribution in [-0.2, 0) is 4.74 Å². The molecule has 92 valence electrons. The number of ether oxygens (including phenoxy) is 1. The largest absolute Gasteiger partial charge is 0.375 e. The summed E-state index contributed by atoms with van der Waals surface area (Å²) in [5.41, 5.74) is 2.32. The standard InChI is InChI=1S/C15H26O/c1-11-7-8-12(14(11,4)5)15(6)9-13(2,3)16-10-15/h7,12H,8-10H2,1-6H3. The van der Waals surface area contributed by atoms with E-state index in [0.29, 0.717) is 10.8 Å². The molecule has 0 amide bonds. The predicted octanol–water partition coefficient (Wildman–Crippen LogP) is 4.18. The van der Waals surface area contributed by atoms with E-state index in [1.54, 1.807) is 5.57 Å². The third-order valence-electron chi connectivity index (χ3n) is 5.01. The van der Waals surface area contributed by atoms with Crippen LogP contribution in [0.3, 0.4) is 0 Å². The summed E-state index contributed by atoms with van der Waals surface area (Å²) in [6.07, 6.45) is 4.85. The molecule has 0 saturated carbocycles. The van der Waals surface area contributed by atoms with Crippen LogP contribution in [0.2, 0.25) is 0 Å². The second kappa shape index (κ2) is 3.35. The zero-order chi connectivity index (χ0) is 12.2. The summed E-state index contributed by atoms with van der Waals surface area (Å²) in [6.45, 7) is 14.9. The summed E-state index contributed by atoms with van der Waals surface area (Å²) >= 11 is 0. The number of allylic oxidation sites excluding steroid dienone is 2. The van der Waals surface area contributed by atoms with E-state index < -0.39 is 0 Å². The molecule has 2 atom stereocenters. The Morgan fingerprint density at radius 1 is 1.19 bits per heavy atom. The molecule has 1 nitrogen and oxygen atoms in total. The molecule has 1 aliphatic heterocycles. The average Bonchev–Trinajstić information content (AvgIpc) is 2.53. The maximum atomic E-state index is 5.97. The van der Waals surface area contributed by atoms with Crippen LogP contribution in [0.5, 0.6) is 0 Å². The highest BCUT2D eigenvalue weighted by Gasteiger charge is 2.52. The van der Waals surface area contributed by atoms with Crippen molar-refractivity contribution in [2.75, 3.05) is 6.61 Å². The first kappa shape index (κ1) is 12.2. The van der Waals surface area contributed by atoms with Gasteiger partial charge in [0.05, 0.1) is 12.2 Å². The van der Waals surface area contributed by atoms with Crippen LogP contribution in [0.4, 0.5) is 0 Å². The summed E-state index contributed by atoms with van der Waals surface area (Å²) in [6, 6.07) is 0. The zero-order valence-corrected chi connectivity index (χ0v) is 11.7. The molecule has 0 spiro atoms. The molecule has 1 heterocycles. The monoisotopic (exact) mass is 222 g/mol. The lowest BCUT2D eigenvalue weighted by Gasteiger charge is -2.41. The van der Waals surface area contributed by atoms with Crippen molar-refractivity contribution in [1.29, 1.82) is 0 Å². The van der Waals surface area contributed by atoms with Crippen molar-refractivity contribution in [3.8, 4) is 0 Å². The SMILES string of the molecule is CC1=CCC(C2(C)COC(C)(C)C2)C1(C)C. The highest BCUT2D eigenvalue weighted by atomic mass is 16.5. The van der Waals surface area contributed by atoms with Gasteiger partial charge in [0, 0.05) is 0 Å². The minimum Gasteiger partial charge on any atom is -0.375 e. The van der Waals surface area contributed by atoms with E-state index in [9.17, 15) is 0 Å². The van der Waals surface area contributed by atoms with E-state index in [0.717, 1.165) is 12.5 Å². The van der Waals surface area contributed by atoms with Gasteiger partial charge in [-0.25, -0.2) is 0 Å². The lowest BCUT2D eigenvalue weighted by Crippen LogP contribution is -2.37. The molecule has 0 aromatic heterocycles. The first-order chi connectivity index (χ1) is 7.17. The second-order valence-corrected chi connectivity index (χ2v) is 7.28. The molecule has 0 N–H and O–H groups in total. The fourth-order valence-electron chi connectivity index (χ4n) is 3.94. The maximum Gasteiger partial charge on any atom is 0.0632 e. The molecule has 0 aromatic carbocycles. The third-order valence-corrected chi connectivity index (χ3v) is 5.01. The Labute approximate surface area is 100 Å². The van der Waals surface area contributed by atoms with Crippen LogP contribution >= 0.6 is 0 Å². The van der Waals surface area contributed by atoms with E-state index in [1.165, 1.54) is 12.8 Å². The Morgan fingerprint density at radius 3 is 2.19 bits per heavy atom. The van der Waals surface area contributed by atoms with Gasteiger partial charge >= 0.3 is 0 Å². The molecule has 1 heteroatoms. The smallest absolute Gasteiger partial charge is 0.0632 e. The van der Waals surface area contributed by atoms with Crippen molar-refractivity contribution in [3.05, 3.63) is 11.6 Å². The maximum absolute atomic E-state index is 5.97. The van der Waals surface area contributed by atoms with Gasteiger partial charge in [-0.3, -0.25) is 0 Å². The van der Waals surface area contributed by atoms with Crippen molar-refractivity contribution < 1.29 is 4.74 Å². The summed E-state index contributed by atoms with van der Waals surface area (Å²) < 4.78 is 5.97. The second-order valence-electron chi connectivity index (χ2n) is 7.28. The number of hydrogen-bond donors (Lipinski definition) is 0. The van der Waals surface area contributed by atoms with Gasteiger partial charge < -0.3 is 4.74 Å². The average molecular weight is 222 g/mol. The number of hydrogen-bond acceptors (Lipinski definition) is 1. The topological polar surface area (TPSA) is 9.23 Å². The molecule has 0 radical (unpaired) electrons. The molecular weight excluding hydrogens is 196 g/mol. The van der Waals surface area contributed by atoms with Crippen LogP contribution < -0.4 is 0 Å². The molecule has 2 unspecified atom stereocenters. The quantitative estimate of drug-likeness (QED) is 0.605. The molecule has 0 bridgehead atoms. The van der Waals surface area contributed by atoms with Gasteiger partial charge in [0.15, 0.2) is 0 Å². The van der Waals surface area contributed by atoms with Crippen LogP contribution in [0.1, 0.15) is 54.4 Å². The van der Waals surface area contributed by atoms with Gasteiger partial charge in [-0.05, 0) is 50.4 Å². The molecule has 2 aliphatic rings. The van der Waals surface area contributed by atoms with Gasteiger partial charge in [-0.2, -0.15) is 0 Å². The third kappa shape index (κ3) is 1.73. The summed E-state index contributed by atoms with van der Waals surface area (Å²) in [5, 5.41) is 0. The summed E-state index contributed by atoms with van der Waals surface area (Å²) in [7, 11) is 0. The summed E-state index contributed by atoms with van der Waals surface area (Å²) in [4.78, 5) is 0. The van der Waals surface area contributed by atoms with Gasteiger partial charge in [-0.15, -0.1) is 0 Å². The van der Waals surface area contributed by atoms with Gasteiger partial charge in [0.1, 0.15) is 0 Å². The lowest BCUT2D eigenvalue weighted by atomic mass is 9.62. The van der Waals surface area contributed by atoms with Gasteiger partial charge in [0.25, 0.3) is 0 Å². The van der Waals surface area contributed by atoms with E-state index >= 15 is 0 Å². The molecule has 1 saturated heterocycles. The molecular formula is C15H26O. The first-order valence-corrected chi connectivity index (χ1v) is 6.49. The molecule has 0 aromatic rings. The fourth-order valence-corrected chi connectivity index (χ4v) is 3.94. The summed E-state index contributed by atoms with van der Waals surface area (Å²) in [5.74, 6) is 0.738. The fraction of sp³-hybridized carbons (Fsp3) is 0.867. The van der Waals surface area contributed by atoms with Crippen LogP contribution in [0.25, 0.3) is 0 Å². The first-order valence-electron chi connectivity index (χ1n) is 6.49. The van der Waals surface area contributed by atoms with Gasteiger partial charge in [-0.1, -0.05) is 32.4 Å². The zero-order valence-electron chi connectivity index (χ0n) is 11.7. The molecule has 1 fully saturated rings. The van der Waals surface area contributed by atoms with E-state index in [2.05, 4.69) is 47.6 Å². The molecule has 16 heavy (non-hydrogen) atoms. The Kier molecular flexibility index (Phi) is 2.55.